The normalized spacial score (nSPS) is 19.3. The first kappa shape index (κ1) is 12.9. The Morgan fingerprint density at radius 1 is 1.33 bits per heavy atom. The summed E-state index contributed by atoms with van der Waals surface area (Å²) in [5, 5.41) is 8.90. The highest BCUT2D eigenvalue weighted by atomic mass is 19.4. The van der Waals surface area contributed by atoms with Gasteiger partial charge in [-0.2, -0.15) is 13.2 Å². The number of carboxylic acids is 1. The van der Waals surface area contributed by atoms with Crippen LogP contribution in [0.5, 0.6) is 0 Å². The second-order valence-corrected chi connectivity index (χ2v) is 4.45. The van der Waals surface area contributed by atoms with Gasteiger partial charge < -0.3 is 5.11 Å². The Labute approximate surface area is 100 Å². The molecule has 98 valence electrons. The highest BCUT2D eigenvalue weighted by molar-refractivity contribution is 5.79. The number of hydrogen-bond donors (Lipinski definition) is 1. The van der Waals surface area contributed by atoms with Crippen molar-refractivity contribution < 1.29 is 27.5 Å². The molecule has 1 aliphatic rings. The maximum Gasteiger partial charge on any atom is 0.416 e. The van der Waals surface area contributed by atoms with Crippen LogP contribution in [0.25, 0.3) is 0 Å². The molecule has 1 atom stereocenters. The van der Waals surface area contributed by atoms with Crippen LogP contribution >= 0.6 is 0 Å². The lowest BCUT2D eigenvalue weighted by atomic mass is 9.93. The minimum absolute atomic E-state index is 0.153. The Kier molecular flexibility index (Phi) is 2.83. The van der Waals surface area contributed by atoms with E-state index in [-0.39, 0.29) is 18.4 Å². The van der Waals surface area contributed by atoms with E-state index >= 15 is 0 Å². The molecule has 2 rings (SSSR count). The van der Waals surface area contributed by atoms with Crippen LogP contribution in [-0.4, -0.2) is 11.1 Å². The number of benzene rings is 1. The molecule has 1 N–H and O–H groups in total. The fraction of sp³-hybridized carbons (Fsp3) is 0.417. The average Bonchev–Trinajstić information content (AvgIpc) is 3.08. The second-order valence-electron chi connectivity index (χ2n) is 4.45. The van der Waals surface area contributed by atoms with E-state index in [1.807, 2.05) is 0 Å². The molecule has 1 unspecified atom stereocenters. The van der Waals surface area contributed by atoms with Gasteiger partial charge in [0.25, 0.3) is 0 Å². The molecule has 1 aromatic carbocycles. The Morgan fingerprint density at radius 2 is 1.94 bits per heavy atom. The van der Waals surface area contributed by atoms with E-state index in [0.29, 0.717) is 6.07 Å². The molecule has 1 saturated carbocycles. The van der Waals surface area contributed by atoms with Crippen LogP contribution in [0, 0.1) is 5.41 Å². The van der Waals surface area contributed by atoms with Crippen LogP contribution in [0.2, 0.25) is 0 Å². The first-order valence-corrected chi connectivity index (χ1v) is 5.32. The lowest BCUT2D eigenvalue weighted by Gasteiger charge is -2.17. The number of alkyl halides is 4. The fourth-order valence-electron chi connectivity index (χ4n) is 1.90. The Bertz CT molecular complexity index is 477. The third-order valence-electron chi connectivity index (χ3n) is 3.21. The molecule has 0 radical (unpaired) electrons. The van der Waals surface area contributed by atoms with Gasteiger partial charge in [-0.05, 0) is 30.5 Å². The molecule has 18 heavy (non-hydrogen) atoms. The van der Waals surface area contributed by atoms with E-state index in [0.717, 1.165) is 12.1 Å². The highest BCUT2D eigenvalue weighted by Gasteiger charge is 2.57. The van der Waals surface area contributed by atoms with E-state index in [1.54, 1.807) is 0 Å². The summed E-state index contributed by atoms with van der Waals surface area (Å²) < 4.78 is 51.4. The highest BCUT2D eigenvalue weighted by Crippen LogP contribution is 2.57. The second kappa shape index (κ2) is 3.96. The van der Waals surface area contributed by atoms with Gasteiger partial charge in [-0.15, -0.1) is 0 Å². The molecule has 0 amide bonds. The number of halogens is 4. The molecule has 0 aromatic heterocycles. The Balaban J connectivity index is 2.32. The van der Waals surface area contributed by atoms with Crippen molar-refractivity contribution in [3.8, 4) is 0 Å². The minimum atomic E-state index is -4.56. The van der Waals surface area contributed by atoms with Crippen molar-refractivity contribution >= 4 is 5.97 Å². The van der Waals surface area contributed by atoms with Gasteiger partial charge in [0.05, 0.1) is 5.56 Å². The number of carbonyl (C=O) groups is 1. The maximum absolute atomic E-state index is 14.0. The lowest BCUT2D eigenvalue weighted by Crippen LogP contribution is -2.21. The first-order chi connectivity index (χ1) is 8.27. The van der Waals surface area contributed by atoms with Crippen molar-refractivity contribution in [1.29, 1.82) is 0 Å². The first-order valence-electron chi connectivity index (χ1n) is 5.32. The van der Waals surface area contributed by atoms with Crippen molar-refractivity contribution in [2.75, 3.05) is 0 Å². The van der Waals surface area contributed by atoms with E-state index in [2.05, 4.69) is 0 Å². The van der Waals surface area contributed by atoms with Gasteiger partial charge in [0.1, 0.15) is 11.6 Å². The zero-order valence-electron chi connectivity index (χ0n) is 9.17. The fourth-order valence-corrected chi connectivity index (χ4v) is 1.90. The van der Waals surface area contributed by atoms with Gasteiger partial charge in [-0.25, -0.2) is 4.39 Å². The summed E-state index contributed by atoms with van der Waals surface area (Å²) in [5.74, 6) is -1.30. The Hall–Kier alpha value is -1.59. The monoisotopic (exact) mass is 262 g/mol. The zero-order chi connectivity index (χ0) is 13.6. The summed E-state index contributed by atoms with van der Waals surface area (Å²) in [7, 11) is 0. The molecular formula is C12H10F4O2. The average molecular weight is 262 g/mol. The zero-order valence-corrected chi connectivity index (χ0v) is 9.17. The van der Waals surface area contributed by atoms with Crippen molar-refractivity contribution in [3.63, 3.8) is 0 Å². The summed E-state index contributed by atoms with van der Waals surface area (Å²) in [6, 6.07) is 3.77. The van der Waals surface area contributed by atoms with Crippen LogP contribution < -0.4 is 0 Å². The van der Waals surface area contributed by atoms with Gasteiger partial charge in [0.15, 0.2) is 0 Å². The molecule has 0 aliphatic heterocycles. The topological polar surface area (TPSA) is 37.3 Å². The van der Waals surface area contributed by atoms with E-state index in [4.69, 9.17) is 5.11 Å². The van der Waals surface area contributed by atoms with Crippen LogP contribution in [0.1, 0.15) is 30.1 Å². The third-order valence-corrected chi connectivity index (χ3v) is 3.21. The molecule has 1 fully saturated rings. The minimum Gasteiger partial charge on any atom is -0.481 e. The number of hydrogen-bond acceptors (Lipinski definition) is 1. The van der Waals surface area contributed by atoms with Gasteiger partial charge in [0, 0.05) is 0 Å². The molecule has 0 bridgehead atoms. The molecule has 1 aliphatic carbocycles. The van der Waals surface area contributed by atoms with Crippen molar-refractivity contribution in [3.05, 3.63) is 35.4 Å². The molecule has 2 nitrogen and oxygen atoms in total. The van der Waals surface area contributed by atoms with Gasteiger partial charge >= 0.3 is 12.1 Å². The summed E-state index contributed by atoms with van der Waals surface area (Å²) >= 11 is 0. The quantitative estimate of drug-likeness (QED) is 0.845. The predicted molar refractivity (Wildman–Crippen MR) is 54.6 cm³/mol. The van der Waals surface area contributed by atoms with Crippen molar-refractivity contribution in [1.82, 2.24) is 0 Å². The summed E-state index contributed by atoms with van der Waals surface area (Å²) in [4.78, 5) is 10.9. The predicted octanol–water partition coefficient (Wildman–Crippen LogP) is 3.58. The van der Waals surface area contributed by atoms with Crippen LogP contribution in [-0.2, 0) is 11.0 Å². The van der Waals surface area contributed by atoms with Gasteiger partial charge in [-0.3, -0.25) is 4.79 Å². The standard InChI is InChI=1S/C12H10F4O2/c13-9(11(4-5-11)10(17)18)7-2-1-3-8(6-7)12(14,15)16/h1-3,6,9H,4-5H2,(H,17,18). The number of rotatable bonds is 3. The SMILES string of the molecule is O=C(O)C1(C(F)c2cccc(C(F)(F)F)c2)CC1. The maximum atomic E-state index is 14.0. The van der Waals surface area contributed by atoms with Crippen LogP contribution in [0.15, 0.2) is 24.3 Å². The molecule has 6 heteroatoms. The smallest absolute Gasteiger partial charge is 0.416 e. The summed E-state index contributed by atoms with van der Waals surface area (Å²) in [6.45, 7) is 0. The molecule has 1 aromatic rings. The van der Waals surface area contributed by atoms with E-state index < -0.39 is 29.3 Å². The van der Waals surface area contributed by atoms with Crippen LogP contribution in [0.3, 0.4) is 0 Å². The summed E-state index contributed by atoms with van der Waals surface area (Å²) in [5.41, 5.74) is -2.74. The molecule has 0 heterocycles. The van der Waals surface area contributed by atoms with E-state index in [9.17, 15) is 22.4 Å². The third kappa shape index (κ3) is 2.07. The van der Waals surface area contributed by atoms with Crippen LogP contribution in [0.4, 0.5) is 17.6 Å². The van der Waals surface area contributed by atoms with Crippen molar-refractivity contribution in [2.24, 2.45) is 5.41 Å². The number of aliphatic carboxylic acids is 1. The largest absolute Gasteiger partial charge is 0.481 e. The Morgan fingerprint density at radius 3 is 2.39 bits per heavy atom. The molecular weight excluding hydrogens is 252 g/mol. The van der Waals surface area contributed by atoms with E-state index in [1.165, 1.54) is 6.07 Å². The molecule has 0 saturated heterocycles. The molecule has 0 spiro atoms. The number of carboxylic acid groups (broad SMARTS) is 1. The van der Waals surface area contributed by atoms with Gasteiger partial charge in [-0.1, -0.05) is 12.1 Å². The lowest BCUT2D eigenvalue weighted by molar-refractivity contribution is -0.146. The summed E-state index contributed by atoms with van der Waals surface area (Å²) in [6.07, 6.45) is -6.16. The van der Waals surface area contributed by atoms with Crippen molar-refractivity contribution in [2.45, 2.75) is 25.2 Å². The van der Waals surface area contributed by atoms with Gasteiger partial charge in [0.2, 0.25) is 0 Å².